The molecule has 0 fully saturated rings. The second kappa shape index (κ2) is 4.27. The number of carbonyl (C=O) groups is 1. The quantitative estimate of drug-likeness (QED) is 0.712. The van der Waals surface area contributed by atoms with Crippen LogP contribution in [0.4, 0.5) is 0 Å². The first kappa shape index (κ1) is 12.5. The Kier molecular flexibility index (Phi) is 2.67. The number of ether oxygens (including phenoxy) is 1. The highest BCUT2D eigenvalue weighted by Crippen LogP contribution is 2.40. The van der Waals surface area contributed by atoms with Gasteiger partial charge in [0, 0.05) is 12.5 Å². The van der Waals surface area contributed by atoms with E-state index in [1.807, 2.05) is 13.0 Å². The number of carbonyl (C=O) groups excluding carboxylic acids is 1. The van der Waals surface area contributed by atoms with Gasteiger partial charge in [-0.3, -0.25) is 4.79 Å². The Bertz CT molecular complexity index is 732. The number of hydrogen-bond donors (Lipinski definition) is 2. The van der Waals surface area contributed by atoms with Crippen molar-refractivity contribution in [1.82, 2.24) is 0 Å². The molecule has 3 rings (SSSR count). The van der Waals surface area contributed by atoms with Crippen LogP contribution >= 0.6 is 0 Å². The normalized spacial score (nSPS) is 12.8. The number of phenols is 2. The van der Waals surface area contributed by atoms with Gasteiger partial charge in [0.25, 0.3) is 0 Å². The summed E-state index contributed by atoms with van der Waals surface area (Å²) >= 11 is 0. The number of methoxy groups -OCH3 is 1. The smallest absolute Gasteiger partial charge is 0.201 e. The molecule has 101 valence electrons. The molecule has 4 nitrogen and oxygen atoms in total. The highest BCUT2D eigenvalue weighted by Gasteiger charge is 2.29. The topological polar surface area (TPSA) is 66.8 Å². The number of fused-ring (bicyclic) bond motifs is 2. The molecular formula is C16H13O4. The van der Waals surface area contributed by atoms with Gasteiger partial charge in [0.2, 0.25) is 5.78 Å². The molecule has 0 heterocycles. The number of rotatable bonds is 1. The third-order valence-electron chi connectivity index (χ3n) is 3.41. The maximum absolute atomic E-state index is 12.5. The van der Waals surface area contributed by atoms with E-state index in [0.717, 1.165) is 5.56 Å². The molecule has 20 heavy (non-hydrogen) atoms. The van der Waals surface area contributed by atoms with Crippen LogP contribution in [-0.2, 0) is 0 Å². The van der Waals surface area contributed by atoms with E-state index in [1.165, 1.54) is 19.2 Å². The molecule has 0 spiro atoms. The fourth-order valence-electron chi connectivity index (χ4n) is 2.55. The van der Waals surface area contributed by atoms with Gasteiger partial charge in [-0.2, -0.15) is 0 Å². The van der Waals surface area contributed by atoms with Gasteiger partial charge >= 0.3 is 0 Å². The average molecular weight is 269 g/mol. The maximum atomic E-state index is 12.5. The van der Waals surface area contributed by atoms with Crippen LogP contribution in [-0.4, -0.2) is 23.1 Å². The lowest BCUT2D eigenvalue weighted by molar-refractivity contribution is 0.103. The zero-order valence-electron chi connectivity index (χ0n) is 11.1. The van der Waals surface area contributed by atoms with Crippen LogP contribution in [0.1, 0.15) is 32.6 Å². The summed E-state index contributed by atoms with van der Waals surface area (Å²) in [6.45, 7) is 1.84. The summed E-state index contributed by atoms with van der Waals surface area (Å²) in [4.78, 5) is 12.5. The van der Waals surface area contributed by atoms with E-state index in [0.29, 0.717) is 16.9 Å². The van der Waals surface area contributed by atoms with Gasteiger partial charge in [0.05, 0.1) is 18.2 Å². The highest BCUT2D eigenvalue weighted by molar-refractivity contribution is 6.16. The van der Waals surface area contributed by atoms with Crippen molar-refractivity contribution in [2.75, 3.05) is 7.11 Å². The summed E-state index contributed by atoms with van der Waals surface area (Å²) in [5.74, 6) is -0.117. The number of aryl methyl sites for hydroxylation is 1. The first-order chi connectivity index (χ1) is 9.51. The minimum absolute atomic E-state index is 0.0675. The lowest BCUT2D eigenvalue weighted by Gasteiger charge is -2.21. The van der Waals surface area contributed by atoms with Gasteiger partial charge < -0.3 is 14.9 Å². The molecule has 2 N–H and O–H groups in total. The fraction of sp³-hybridized carbons (Fsp3) is 0.125. The van der Waals surface area contributed by atoms with Gasteiger partial charge in [-0.15, -0.1) is 0 Å². The van der Waals surface area contributed by atoms with Crippen molar-refractivity contribution in [1.29, 1.82) is 0 Å². The molecule has 0 aliphatic heterocycles. The number of ketones is 1. The first-order valence-corrected chi connectivity index (χ1v) is 6.15. The molecule has 1 radical (unpaired) electrons. The molecule has 1 aliphatic rings. The van der Waals surface area contributed by atoms with Crippen molar-refractivity contribution in [2.24, 2.45) is 0 Å². The Hall–Kier alpha value is -2.49. The largest absolute Gasteiger partial charge is 0.507 e. The Morgan fingerprint density at radius 2 is 1.55 bits per heavy atom. The molecule has 0 amide bonds. The van der Waals surface area contributed by atoms with E-state index in [2.05, 4.69) is 0 Å². The van der Waals surface area contributed by atoms with Gasteiger partial charge in [-0.25, -0.2) is 0 Å². The van der Waals surface area contributed by atoms with Gasteiger partial charge in [0.1, 0.15) is 17.2 Å². The molecule has 0 unspecified atom stereocenters. The van der Waals surface area contributed by atoms with Crippen molar-refractivity contribution in [2.45, 2.75) is 6.92 Å². The van der Waals surface area contributed by atoms with Crippen LogP contribution in [0.2, 0.25) is 0 Å². The lowest BCUT2D eigenvalue weighted by Crippen LogP contribution is -2.15. The summed E-state index contributed by atoms with van der Waals surface area (Å²) in [5, 5.41) is 20.0. The van der Waals surface area contributed by atoms with E-state index < -0.39 is 0 Å². The SMILES string of the molecule is COc1cc(O)c2c(c1)[CH]c1cc(C)cc(O)c1C2=O. The fourth-order valence-corrected chi connectivity index (χ4v) is 2.55. The third-order valence-corrected chi connectivity index (χ3v) is 3.41. The van der Waals surface area contributed by atoms with Crippen molar-refractivity contribution in [3.8, 4) is 17.2 Å². The first-order valence-electron chi connectivity index (χ1n) is 6.15. The van der Waals surface area contributed by atoms with Crippen molar-refractivity contribution in [3.63, 3.8) is 0 Å². The average Bonchev–Trinajstić information content (AvgIpc) is 2.36. The molecule has 0 bridgehead atoms. The molecule has 0 aromatic heterocycles. The Morgan fingerprint density at radius 3 is 2.20 bits per heavy atom. The number of phenolic OH excluding ortho intramolecular Hbond substituents is 2. The predicted molar refractivity (Wildman–Crippen MR) is 73.4 cm³/mol. The monoisotopic (exact) mass is 269 g/mol. The number of benzene rings is 2. The van der Waals surface area contributed by atoms with Crippen LogP contribution < -0.4 is 4.74 Å². The van der Waals surface area contributed by atoms with Crippen molar-refractivity contribution < 1.29 is 19.7 Å². The number of hydrogen-bond acceptors (Lipinski definition) is 4. The third kappa shape index (κ3) is 1.72. The van der Waals surface area contributed by atoms with Gasteiger partial charge in [-0.05, 0) is 35.7 Å². The van der Waals surface area contributed by atoms with Crippen molar-refractivity contribution >= 4 is 5.78 Å². The molecule has 0 atom stereocenters. The van der Waals surface area contributed by atoms with Gasteiger partial charge in [-0.1, -0.05) is 6.07 Å². The van der Waals surface area contributed by atoms with Crippen molar-refractivity contribution in [3.05, 3.63) is 58.5 Å². The Labute approximate surface area is 116 Å². The van der Waals surface area contributed by atoms with Crippen LogP contribution in [0.15, 0.2) is 24.3 Å². The predicted octanol–water partition coefficient (Wildman–Crippen LogP) is 2.56. The minimum Gasteiger partial charge on any atom is -0.507 e. The molecule has 0 saturated carbocycles. The van der Waals surface area contributed by atoms with Gasteiger partial charge in [0.15, 0.2) is 0 Å². The summed E-state index contributed by atoms with van der Waals surface area (Å²) in [5.41, 5.74) is 2.51. The highest BCUT2D eigenvalue weighted by atomic mass is 16.5. The lowest BCUT2D eigenvalue weighted by atomic mass is 9.83. The summed E-state index contributed by atoms with van der Waals surface area (Å²) in [7, 11) is 1.50. The molecular weight excluding hydrogens is 256 g/mol. The van der Waals surface area contributed by atoms with E-state index in [4.69, 9.17) is 4.74 Å². The summed E-state index contributed by atoms with van der Waals surface area (Å²) in [6, 6.07) is 6.44. The zero-order chi connectivity index (χ0) is 14.4. The van der Waals surface area contributed by atoms with Crippen LogP contribution in [0.3, 0.4) is 0 Å². The van der Waals surface area contributed by atoms with E-state index >= 15 is 0 Å². The molecule has 4 heteroatoms. The van der Waals surface area contributed by atoms with E-state index in [-0.39, 0.29) is 28.4 Å². The molecule has 0 saturated heterocycles. The number of aromatic hydroxyl groups is 2. The Balaban J connectivity index is 2.25. The molecule has 1 aliphatic carbocycles. The van der Waals surface area contributed by atoms with Crippen LogP contribution in [0, 0.1) is 13.3 Å². The molecule has 2 aromatic carbocycles. The van der Waals surface area contributed by atoms with Crippen LogP contribution in [0.25, 0.3) is 0 Å². The second-order valence-corrected chi connectivity index (χ2v) is 4.83. The standard InChI is InChI=1S/C16H13O4/c1-8-3-9-5-10-6-11(20-2)7-13(18)15(10)16(19)14(9)12(17)4-8/h3-7,17-18H,1-2H3. The zero-order valence-corrected chi connectivity index (χ0v) is 11.1. The van der Waals surface area contributed by atoms with E-state index in [1.54, 1.807) is 12.5 Å². The molecule has 2 aromatic rings. The maximum Gasteiger partial charge on any atom is 0.201 e. The van der Waals surface area contributed by atoms with Crippen LogP contribution in [0.5, 0.6) is 17.2 Å². The second-order valence-electron chi connectivity index (χ2n) is 4.83. The Morgan fingerprint density at radius 1 is 0.950 bits per heavy atom. The summed E-state index contributed by atoms with van der Waals surface area (Å²) < 4.78 is 5.09. The summed E-state index contributed by atoms with van der Waals surface area (Å²) in [6.07, 6.45) is 1.76. The minimum atomic E-state index is -0.379. The van der Waals surface area contributed by atoms with E-state index in [9.17, 15) is 15.0 Å².